The zero-order valence-corrected chi connectivity index (χ0v) is 16.2. The zero-order chi connectivity index (χ0) is 16.8. The van der Waals surface area contributed by atoms with Crippen LogP contribution in [-0.4, -0.2) is 28.3 Å². The highest BCUT2D eigenvalue weighted by Gasteiger charge is 2.20. The number of amides is 1. The number of pyridine rings is 1. The number of likely N-dealkylation sites (tertiary alicyclic amines) is 1. The number of benzene rings is 1. The smallest absolute Gasteiger partial charge is 0.222 e. The molecule has 1 fully saturated rings. The van der Waals surface area contributed by atoms with Crippen molar-refractivity contribution < 1.29 is 4.79 Å². The lowest BCUT2D eigenvalue weighted by Gasteiger charge is -2.17. The normalized spacial score (nSPS) is 14.3. The highest BCUT2D eigenvalue weighted by atomic mass is 127. The molecule has 25 heavy (non-hydrogen) atoms. The number of carbonyl (C=O) groups is 1. The van der Waals surface area contributed by atoms with E-state index in [2.05, 4.69) is 15.3 Å². The second-order valence-electron chi connectivity index (χ2n) is 5.73. The third-order valence-corrected chi connectivity index (χ3v) is 3.99. The first-order chi connectivity index (χ1) is 11.7. The first kappa shape index (κ1) is 19.2. The van der Waals surface area contributed by atoms with Crippen molar-refractivity contribution in [2.75, 3.05) is 11.9 Å². The average molecular weight is 451 g/mol. The van der Waals surface area contributed by atoms with Crippen molar-refractivity contribution in [3.8, 4) is 0 Å². The molecular formula is C18H22IN5O. The third-order valence-electron chi connectivity index (χ3n) is 3.99. The second kappa shape index (κ2) is 9.36. The van der Waals surface area contributed by atoms with Crippen molar-refractivity contribution in [3.05, 3.63) is 59.8 Å². The molecule has 1 aromatic carbocycles. The fourth-order valence-corrected chi connectivity index (χ4v) is 2.72. The van der Waals surface area contributed by atoms with Crippen molar-refractivity contribution in [2.45, 2.75) is 25.9 Å². The Hall–Kier alpha value is -2.16. The van der Waals surface area contributed by atoms with Gasteiger partial charge in [-0.05, 0) is 29.7 Å². The Morgan fingerprint density at radius 3 is 2.64 bits per heavy atom. The topological polar surface area (TPSA) is 83.6 Å². The minimum absolute atomic E-state index is 0. The number of nitrogens with one attached hydrogen (secondary N) is 1. The average Bonchev–Trinajstić information content (AvgIpc) is 3.00. The summed E-state index contributed by atoms with van der Waals surface area (Å²) in [6, 6.07) is 13.6. The van der Waals surface area contributed by atoms with Gasteiger partial charge >= 0.3 is 0 Å². The van der Waals surface area contributed by atoms with Crippen molar-refractivity contribution in [3.63, 3.8) is 0 Å². The summed E-state index contributed by atoms with van der Waals surface area (Å²) in [4.78, 5) is 22.3. The lowest BCUT2D eigenvalue weighted by molar-refractivity contribution is -0.128. The quantitative estimate of drug-likeness (QED) is 0.416. The molecule has 0 bridgehead atoms. The van der Waals surface area contributed by atoms with E-state index < -0.39 is 0 Å². The van der Waals surface area contributed by atoms with Crippen molar-refractivity contribution >= 4 is 41.7 Å². The molecule has 132 valence electrons. The molecule has 0 spiro atoms. The fraction of sp³-hybridized carbons (Fsp3) is 0.278. The van der Waals surface area contributed by atoms with Gasteiger partial charge in [0.1, 0.15) is 5.82 Å². The molecule has 6 nitrogen and oxygen atoms in total. The summed E-state index contributed by atoms with van der Waals surface area (Å²) < 4.78 is 0. The maximum Gasteiger partial charge on any atom is 0.222 e. The summed E-state index contributed by atoms with van der Waals surface area (Å²) in [5, 5.41) is 2.96. The Labute approximate surface area is 164 Å². The number of carbonyl (C=O) groups excluding carboxylic acids is 1. The van der Waals surface area contributed by atoms with Crippen LogP contribution in [0.1, 0.15) is 24.0 Å². The number of anilines is 1. The number of rotatable bonds is 5. The molecule has 0 unspecified atom stereocenters. The van der Waals surface area contributed by atoms with E-state index >= 15 is 0 Å². The maximum atomic E-state index is 11.8. The number of nitrogens with two attached hydrogens (primary N) is 1. The summed E-state index contributed by atoms with van der Waals surface area (Å²) in [6.45, 7) is 1.93. The van der Waals surface area contributed by atoms with Gasteiger partial charge in [-0.15, -0.1) is 24.0 Å². The first-order valence-electron chi connectivity index (χ1n) is 8.05. The lowest BCUT2D eigenvalue weighted by atomic mass is 10.1. The molecule has 0 radical (unpaired) electrons. The second-order valence-corrected chi connectivity index (χ2v) is 5.73. The van der Waals surface area contributed by atoms with E-state index in [1.807, 2.05) is 47.4 Å². The number of hydrogen-bond acceptors (Lipinski definition) is 3. The Morgan fingerprint density at radius 1 is 1.20 bits per heavy atom. The van der Waals surface area contributed by atoms with Crippen LogP contribution < -0.4 is 11.1 Å². The molecule has 2 heterocycles. The summed E-state index contributed by atoms with van der Waals surface area (Å²) in [7, 11) is 0. The molecule has 2 aromatic rings. The molecule has 3 N–H and O–H groups in total. The van der Waals surface area contributed by atoms with Crippen LogP contribution in [-0.2, 0) is 17.9 Å². The minimum atomic E-state index is 0. The van der Waals surface area contributed by atoms with Crippen LogP contribution in [0.2, 0.25) is 0 Å². The molecule has 0 aliphatic carbocycles. The molecule has 3 rings (SSSR count). The molecule has 0 saturated carbocycles. The highest BCUT2D eigenvalue weighted by Crippen LogP contribution is 2.17. The predicted molar refractivity (Wildman–Crippen MR) is 110 cm³/mol. The molecule has 0 atom stereocenters. The molecule has 1 aliphatic rings. The molecule has 1 aliphatic heterocycles. The number of guanidine groups is 1. The van der Waals surface area contributed by atoms with Crippen LogP contribution in [0.4, 0.5) is 5.82 Å². The maximum absolute atomic E-state index is 11.8. The van der Waals surface area contributed by atoms with Crippen LogP contribution in [0.5, 0.6) is 0 Å². The Kier molecular flexibility index (Phi) is 7.17. The highest BCUT2D eigenvalue weighted by molar-refractivity contribution is 14.0. The van der Waals surface area contributed by atoms with Gasteiger partial charge in [0.2, 0.25) is 5.91 Å². The van der Waals surface area contributed by atoms with Crippen molar-refractivity contribution in [1.82, 2.24) is 9.88 Å². The molecule has 1 saturated heterocycles. The SMILES string of the molecule is I.NC(=NCc1ccccc1CN1CCCC1=O)Nc1ccccn1. The Morgan fingerprint density at radius 2 is 1.96 bits per heavy atom. The molecule has 1 amide bonds. The van der Waals surface area contributed by atoms with Gasteiger partial charge in [0, 0.05) is 25.7 Å². The van der Waals surface area contributed by atoms with Gasteiger partial charge in [0.25, 0.3) is 0 Å². The summed E-state index contributed by atoms with van der Waals surface area (Å²) in [5.74, 6) is 1.21. The number of halogens is 1. The van der Waals surface area contributed by atoms with E-state index in [0.717, 1.165) is 24.1 Å². The van der Waals surface area contributed by atoms with E-state index in [4.69, 9.17) is 5.73 Å². The van der Waals surface area contributed by atoms with Gasteiger partial charge < -0.3 is 16.0 Å². The van der Waals surface area contributed by atoms with Gasteiger partial charge in [-0.25, -0.2) is 9.98 Å². The third kappa shape index (κ3) is 5.42. The predicted octanol–water partition coefficient (Wildman–Crippen LogP) is 2.75. The van der Waals surface area contributed by atoms with Gasteiger partial charge in [0.15, 0.2) is 5.96 Å². The Bertz CT molecular complexity index is 735. The van der Waals surface area contributed by atoms with Gasteiger partial charge in [-0.2, -0.15) is 0 Å². The number of nitrogens with zero attached hydrogens (tertiary/aromatic N) is 3. The molecule has 1 aromatic heterocycles. The molecular weight excluding hydrogens is 429 g/mol. The van der Waals surface area contributed by atoms with E-state index in [0.29, 0.717) is 31.3 Å². The van der Waals surface area contributed by atoms with E-state index in [9.17, 15) is 4.79 Å². The largest absolute Gasteiger partial charge is 0.370 e. The number of aromatic nitrogens is 1. The summed E-state index contributed by atoms with van der Waals surface area (Å²) >= 11 is 0. The van der Waals surface area contributed by atoms with Crippen LogP contribution >= 0.6 is 24.0 Å². The van der Waals surface area contributed by atoms with Crippen molar-refractivity contribution in [1.29, 1.82) is 0 Å². The van der Waals surface area contributed by atoms with Crippen LogP contribution in [0.25, 0.3) is 0 Å². The van der Waals surface area contributed by atoms with Crippen molar-refractivity contribution in [2.24, 2.45) is 10.7 Å². The monoisotopic (exact) mass is 451 g/mol. The number of hydrogen-bond donors (Lipinski definition) is 2. The number of aliphatic imine (C=N–C) groups is 1. The van der Waals surface area contributed by atoms with E-state index in [1.165, 1.54) is 0 Å². The summed E-state index contributed by atoms with van der Waals surface area (Å²) in [6.07, 6.45) is 3.29. The van der Waals surface area contributed by atoms with Crippen LogP contribution in [0.3, 0.4) is 0 Å². The fourth-order valence-electron chi connectivity index (χ4n) is 2.72. The van der Waals surface area contributed by atoms with Gasteiger partial charge in [0.05, 0.1) is 6.54 Å². The van der Waals surface area contributed by atoms with Gasteiger partial charge in [-0.1, -0.05) is 30.3 Å². The summed E-state index contributed by atoms with van der Waals surface area (Å²) in [5.41, 5.74) is 8.11. The minimum Gasteiger partial charge on any atom is -0.370 e. The van der Waals surface area contributed by atoms with Gasteiger partial charge in [-0.3, -0.25) is 4.79 Å². The zero-order valence-electron chi connectivity index (χ0n) is 13.9. The lowest BCUT2D eigenvalue weighted by Crippen LogP contribution is -2.25. The van der Waals surface area contributed by atoms with E-state index in [-0.39, 0.29) is 29.9 Å². The molecule has 7 heteroatoms. The van der Waals surface area contributed by atoms with Crippen LogP contribution in [0, 0.1) is 0 Å². The van der Waals surface area contributed by atoms with E-state index in [1.54, 1.807) is 6.20 Å². The first-order valence-corrected chi connectivity index (χ1v) is 8.05. The standard InChI is InChI=1S/C18H21N5O.HI/c19-18(22-16-8-3-4-10-20-16)21-12-14-6-1-2-7-15(14)13-23-11-5-9-17(23)24;/h1-4,6-8,10H,5,9,11-13H2,(H3,19,20,21,22);1H. The van der Waals surface area contributed by atoms with Crippen LogP contribution in [0.15, 0.2) is 53.7 Å². The Balaban J connectivity index is 0.00000225.